The smallest absolute Gasteiger partial charge is 0.0489 e. The summed E-state index contributed by atoms with van der Waals surface area (Å²) in [6, 6.07) is 48.8. The standard InChI is InChI=1S/C38H28N2/c1-39-35-17-13-27(25-9-5-3-6-10-25)21-31(35)33-23-29(15-19-37(33)39)30-16-20-38-34(24-30)32-22-28(14-18-36(32)40(38)2)26-11-7-4-8-12-26/h3-24H,1-2H3. The molecule has 0 saturated heterocycles. The number of rotatable bonds is 3. The third-order valence-corrected chi connectivity index (χ3v) is 8.56. The van der Waals surface area contributed by atoms with Crippen LogP contribution in [-0.2, 0) is 14.1 Å². The van der Waals surface area contributed by atoms with Crippen molar-refractivity contribution in [3.05, 3.63) is 133 Å². The van der Waals surface area contributed by atoms with E-state index in [1.807, 2.05) is 0 Å². The molecule has 0 aliphatic carbocycles. The lowest BCUT2D eigenvalue weighted by atomic mass is 9.98. The van der Waals surface area contributed by atoms with E-state index >= 15 is 0 Å². The molecule has 2 heteroatoms. The van der Waals surface area contributed by atoms with Gasteiger partial charge in [-0.2, -0.15) is 0 Å². The summed E-state index contributed by atoms with van der Waals surface area (Å²) in [7, 11) is 4.33. The van der Waals surface area contributed by atoms with Gasteiger partial charge in [0.25, 0.3) is 0 Å². The predicted octanol–water partition coefficient (Wildman–Crippen LogP) is 9.98. The number of aryl methyl sites for hydroxylation is 2. The summed E-state index contributed by atoms with van der Waals surface area (Å²) >= 11 is 0. The maximum absolute atomic E-state index is 2.37. The van der Waals surface area contributed by atoms with Gasteiger partial charge in [-0.15, -0.1) is 0 Å². The summed E-state index contributed by atoms with van der Waals surface area (Å²) < 4.78 is 4.62. The van der Waals surface area contributed by atoms with Crippen molar-refractivity contribution in [2.75, 3.05) is 0 Å². The Morgan fingerprint density at radius 1 is 0.300 bits per heavy atom. The van der Waals surface area contributed by atoms with Gasteiger partial charge in [0, 0.05) is 57.7 Å². The van der Waals surface area contributed by atoms with Crippen LogP contribution in [0.25, 0.3) is 77.0 Å². The summed E-state index contributed by atoms with van der Waals surface area (Å²) in [6.07, 6.45) is 0. The highest BCUT2D eigenvalue weighted by molar-refractivity contribution is 6.12. The zero-order valence-electron chi connectivity index (χ0n) is 22.6. The second-order valence-corrected chi connectivity index (χ2v) is 10.8. The van der Waals surface area contributed by atoms with Gasteiger partial charge in [-0.25, -0.2) is 0 Å². The van der Waals surface area contributed by atoms with Gasteiger partial charge in [-0.3, -0.25) is 0 Å². The first kappa shape index (κ1) is 22.9. The normalized spacial score (nSPS) is 11.8. The summed E-state index contributed by atoms with van der Waals surface area (Å²) in [5, 5.41) is 5.16. The van der Waals surface area contributed by atoms with Gasteiger partial charge in [-0.05, 0) is 81.9 Å². The van der Waals surface area contributed by atoms with Gasteiger partial charge in [0.2, 0.25) is 0 Å². The highest BCUT2D eigenvalue weighted by atomic mass is 14.9. The van der Waals surface area contributed by atoms with Gasteiger partial charge in [0.05, 0.1) is 0 Å². The topological polar surface area (TPSA) is 9.86 Å². The van der Waals surface area contributed by atoms with E-state index in [-0.39, 0.29) is 0 Å². The Bertz CT molecular complexity index is 2050. The molecule has 190 valence electrons. The maximum Gasteiger partial charge on any atom is 0.0489 e. The van der Waals surface area contributed by atoms with Crippen LogP contribution in [-0.4, -0.2) is 9.13 Å². The van der Waals surface area contributed by atoms with Crippen LogP contribution in [0.3, 0.4) is 0 Å². The molecule has 0 saturated carbocycles. The number of hydrogen-bond donors (Lipinski definition) is 0. The van der Waals surface area contributed by atoms with Crippen molar-refractivity contribution in [1.29, 1.82) is 0 Å². The van der Waals surface area contributed by atoms with Crippen LogP contribution < -0.4 is 0 Å². The highest BCUT2D eigenvalue weighted by Crippen LogP contribution is 2.37. The van der Waals surface area contributed by atoms with E-state index in [0.29, 0.717) is 0 Å². The van der Waals surface area contributed by atoms with E-state index in [4.69, 9.17) is 0 Å². The molecular weight excluding hydrogens is 484 g/mol. The zero-order chi connectivity index (χ0) is 26.8. The fourth-order valence-electron chi connectivity index (χ4n) is 6.42. The third-order valence-electron chi connectivity index (χ3n) is 8.56. The monoisotopic (exact) mass is 512 g/mol. The fraction of sp³-hybridized carbons (Fsp3) is 0.0526. The molecule has 8 rings (SSSR count). The molecule has 0 unspecified atom stereocenters. The number of hydrogen-bond acceptors (Lipinski definition) is 0. The van der Waals surface area contributed by atoms with E-state index < -0.39 is 0 Å². The Hall–Kier alpha value is -5.08. The number of nitrogens with zero attached hydrogens (tertiary/aromatic N) is 2. The molecular formula is C38H28N2. The maximum atomic E-state index is 2.37. The van der Waals surface area contributed by atoms with E-state index in [2.05, 4.69) is 157 Å². The highest BCUT2D eigenvalue weighted by Gasteiger charge is 2.14. The first-order chi connectivity index (χ1) is 19.7. The molecule has 2 nitrogen and oxygen atoms in total. The van der Waals surface area contributed by atoms with Crippen LogP contribution in [0.4, 0.5) is 0 Å². The Morgan fingerprint density at radius 3 is 0.875 bits per heavy atom. The lowest BCUT2D eigenvalue weighted by Crippen LogP contribution is -1.87. The molecule has 0 fully saturated rings. The Balaban J connectivity index is 1.31. The van der Waals surface area contributed by atoms with Gasteiger partial charge < -0.3 is 9.13 Å². The van der Waals surface area contributed by atoms with Crippen LogP contribution in [0.15, 0.2) is 133 Å². The van der Waals surface area contributed by atoms with Gasteiger partial charge in [-0.1, -0.05) is 84.9 Å². The van der Waals surface area contributed by atoms with Crippen LogP contribution >= 0.6 is 0 Å². The molecule has 2 heterocycles. The molecule has 6 aromatic carbocycles. The molecule has 0 spiro atoms. The van der Waals surface area contributed by atoms with Gasteiger partial charge in [0.1, 0.15) is 0 Å². The largest absolute Gasteiger partial charge is 0.344 e. The van der Waals surface area contributed by atoms with Crippen molar-refractivity contribution in [2.24, 2.45) is 14.1 Å². The summed E-state index contributed by atoms with van der Waals surface area (Å²) in [4.78, 5) is 0. The SMILES string of the molecule is Cn1c2ccc(-c3ccccc3)cc2c2cc(-c3ccc4c(c3)c3cc(-c5ccccc5)ccc3n4C)ccc21. The van der Waals surface area contributed by atoms with Crippen LogP contribution in [0, 0.1) is 0 Å². The lowest BCUT2D eigenvalue weighted by Gasteiger charge is -2.05. The van der Waals surface area contributed by atoms with Crippen molar-refractivity contribution in [1.82, 2.24) is 9.13 Å². The second-order valence-electron chi connectivity index (χ2n) is 10.8. The van der Waals surface area contributed by atoms with E-state index in [9.17, 15) is 0 Å². The summed E-state index contributed by atoms with van der Waals surface area (Å²) in [5.41, 5.74) is 12.5. The van der Waals surface area contributed by atoms with Crippen molar-refractivity contribution >= 4 is 43.6 Å². The first-order valence-electron chi connectivity index (χ1n) is 13.8. The van der Waals surface area contributed by atoms with E-state index in [0.717, 1.165) is 0 Å². The predicted molar refractivity (Wildman–Crippen MR) is 171 cm³/mol. The molecule has 0 radical (unpaired) electrons. The van der Waals surface area contributed by atoms with Crippen LogP contribution in [0.1, 0.15) is 0 Å². The minimum atomic E-state index is 1.24. The Kier molecular flexibility index (Phi) is 4.99. The Morgan fingerprint density at radius 2 is 0.575 bits per heavy atom. The van der Waals surface area contributed by atoms with Crippen LogP contribution in [0.2, 0.25) is 0 Å². The molecule has 0 amide bonds. The van der Waals surface area contributed by atoms with Crippen LogP contribution in [0.5, 0.6) is 0 Å². The van der Waals surface area contributed by atoms with Crippen molar-refractivity contribution < 1.29 is 0 Å². The molecule has 0 aliphatic heterocycles. The lowest BCUT2D eigenvalue weighted by molar-refractivity contribution is 1.01. The molecule has 0 atom stereocenters. The molecule has 0 N–H and O–H groups in total. The minimum absolute atomic E-state index is 1.24. The van der Waals surface area contributed by atoms with Gasteiger partial charge >= 0.3 is 0 Å². The fourth-order valence-corrected chi connectivity index (χ4v) is 6.42. The summed E-state index contributed by atoms with van der Waals surface area (Å²) in [5.74, 6) is 0. The number of benzene rings is 6. The molecule has 40 heavy (non-hydrogen) atoms. The zero-order valence-corrected chi connectivity index (χ0v) is 22.6. The van der Waals surface area contributed by atoms with E-state index in [1.54, 1.807) is 0 Å². The van der Waals surface area contributed by atoms with Crippen molar-refractivity contribution in [2.45, 2.75) is 0 Å². The second kappa shape index (κ2) is 8.72. The molecule has 0 bridgehead atoms. The third kappa shape index (κ3) is 3.43. The van der Waals surface area contributed by atoms with Crippen molar-refractivity contribution in [3.8, 4) is 33.4 Å². The average Bonchev–Trinajstić information content (AvgIpc) is 3.47. The first-order valence-corrected chi connectivity index (χ1v) is 13.8. The number of fused-ring (bicyclic) bond motifs is 6. The number of aromatic nitrogens is 2. The molecule has 0 aliphatic rings. The van der Waals surface area contributed by atoms with E-state index in [1.165, 1.54) is 77.0 Å². The summed E-state index contributed by atoms with van der Waals surface area (Å²) in [6.45, 7) is 0. The minimum Gasteiger partial charge on any atom is -0.344 e. The molecule has 2 aromatic heterocycles. The average molecular weight is 513 g/mol. The molecule has 8 aromatic rings. The van der Waals surface area contributed by atoms with Gasteiger partial charge in [0.15, 0.2) is 0 Å². The quantitative estimate of drug-likeness (QED) is 0.223. The van der Waals surface area contributed by atoms with Crippen molar-refractivity contribution in [3.63, 3.8) is 0 Å². The Labute approximate surface area is 233 Å².